The van der Waals surface area contributed by atoms with Crippen molar-refractivity contribution < 1.29 is 4.79 Å². The van der Waals surface area contributed by atoms with Crippen molar-refractivity contribution in [3.05, 3.63) is 65.2 Å². The van der Waals surface area contributed by atoms with Crippen LogP contribution in [-0.4, -0.2) is 16.1 Å². The Morgan fingerprint density at radius 1 is 1.10 bits per heavy atom. The van der Waals surface area contributed by atoms with Gasteiger partial charge in [0.25, 0.3) is 0 Å². The van der Waals surface area contributed by atoms with E-state index in [1.807, 2.05) is 54.6 Å². The van der Waals surface area contributed by atoms with E-state index in [-0.39, 0.29) is 5.78 Å². The summed E-state index contributed by atoms with van der Waals surface area (Å²) in [7, 11) is 0. The van der Waals surface area contributed by atoms with Crippen molar-refractivity contribution in [1.82, 2.24) is 4.98 Å². The Balaban J connectivity index is 2.25. The van der Waals surface area contributed by atoms with Crippen LogP contribution in [0.2, 0.25) is 5.02 Å². The van der Waals surface area contributed by atoms with Crippen LogP contribution in [-0.2, 0) is 0 Å². The van der Waals surface area contributed by atoms with Gasteiger partial charge in [0, 0.05) is 21.5 Å². The van der Waals surface area contributed by atoms with Crippen molar-refractivity contribution in [2.24, 2.45) is 0 Å². The van der Waals surface area contributed by atoms with Gasteiger partial charge in [-0.1, -0.05) is 57.9 Å². The molecule has 2 aromatic carbocycles. The van der Waals surface area contributed by atoms with Gasteiger partial charge in [0.1, 0.15) is 0 Å². The van der Waals surface area contributed by atoms with Crippen molar-refractivity contribution in [1.29, 1.82) is 0 Å². The van der Waals surface area contributed by atoms with Gasteiger partial charge in [0.05, 0.1) is 16.5 Å². The molecule has 0 saturated carbocycles. The second-order valence-electron chi connectivity index (χ2n) is 4.64. The normalized spacial score (nSPS) is 10.8. The number of nitrogens with zero attached hydrogens (tertiary/aromatic N) is 1. The second-order valence-corrected chi connectivity index (χ2v) is 5.63. The van der Waals surface area contributed by atoms with Gasteiger partial charge in [0.2, 0.25) is 0 Å². The molecular weight excluding hydrogens is 350 g/mol. The fourth-order valence-corrected chi connectivity index (χ4v) is 2.67. The average Bonchev–Trinajstić information content (AvgIpc) is 2.53. The molecule has 0 aliphatic carbocycles. The van der Waals surface area contributed by atoms with E-state index in [0.29, 0.717) is 15.9 Å². The van der Waals surface area contributed by atoms with E-state index in [1.165, 1.54) is 0 Å². The van der Waals surface area contributed by atoms with Crippen molar-refractivity contribution >= 4 is 44.2 Å². The molecule has 4 heteroatoms. The molecule has 0 spiro atoms. The molecule has 0 unspecified atom stereocenters. The van der Waals surface area contributed by atoms with E-state index in [1.54, 1.807) is 0 Å². The lowest BCUT2D eigenvalue weighted by atomic mass is 10.0. The van der Waals surface area contributed by atoms with Gasteiger partial charge in [-0.15, -0.1) is 0 Å². The number of carbonyl (C=O) groups is 1. The Morgan fingerprint density at radius 2 is 1.81 bits per heavy atom. The average molecular weight is 361 g/mol. The maximum atomic E-state index is 12.2. The van der Waals surface area contributed by atoms with E-state index in [4.69, 9.17) is 11.6 Å². The zero-order valence-electron chi connectivity index (χ0n) is 11.0. The molecule has 2 nitrogen and oxygen atoms in total. The van der Waals surface area contributed by atoms with E-state index in [0.717, 1.165) is 22.2 Å². The zero-order chi connectivity index (χ0) is 14.8. The van der Waals surface area contributed by atoms with Crippen LogP contribution in [0.3, 0.4) is 0 Å². The Bertz CT molecular complexity index is 815. The van der Waals surface area contributed by atoms with Gasteiger partial charge in [-0.05, 0) is 24.3 Å². The number of aromatic nitrogens is 1. The summed E-state index contributed by atoms with van der Waals surface area (Å²) in [4.78, 5) is 16.8. The molecular formula is C17H11BrClNO. The highest BCUT2D eigenvalue weighted by Gasteiger charge is 2.12. The first kappa shape index (κ1) is 14.2. The van der Waals surface area contributed by atoms with E-state index >= 15 is 0 Å². The molecule has 0 saturated heterocycles. The topological polar surface area (TPSA) is 30.0 Å². The number of para-hydroxylation sites is 1. The van der Waals surface area contributed by atoms with Gasteiger partial charge in [0.15, 0.2) is 5.78 Å². The minimum atomic E-state index is 0.0452. The lowest BCUT2D eigenvalue weighted by Gasteiger charge is -2.08. The number of fused-ring (bicyclic) bond motifs is 1. The molecule has 0 N–H and O–H groups in total. The Labute approximate surface area is 135 Å². The first-order chi connectivity index (χ1) is 10.2. The minimum Gasteiger partial charge on any atom is -0.293 e. The van der Waals surface area contributed by atoms with Crippen LogP contribution < -0.4 is 0 Å². The summed E-state index contributed by atoms with van der Waals surface area (Å²) >= 11 is 9.16. The van der Waals surface area contributed by atoms with Crippen LogP contribution in [0, 0.1) is 0 Å². The summed E-state index contributed by atoms with van der Waals surface area (Å²) in [5, 5.41) is 1.84. The fraction of sp³-hybridized carbons (Fsp3) is 0.0588. The molecule has 0 atom stereocenters. The number of benzene rings is 2. The van der Waals surface area contributed by atoms with Crippen molar-refractivity contribution in [3.8, 4) is 11.3 Å². The third kappa shape index (κ3) is 2.85. The van der Waals surface area contributed by atoms with E-state index < -0.39 is 0 Å². The summed E-state index contributed by atoms with van der Waals surface area (Å²) < 4.78 is 0. The zero-order valence-corrected chi connectivity index (χ0v) is 13.4. The van der Waals surface area contributed by atoms with E-state index in [9.17, 15) is 4.79 Å². The molecule has 0 bridgehead atoms. The van der Waals surface area contributed by atoms with Crippen LogP contribution in [0.1, 0.15) is 10.4 Å². The Hall–Kier alpha value is -1.71. The first-order valence-electron chi connectivity index (χ1n) is 6.44. The van der Waals surface area contributed by atoms with Crippen LogP contribution >= 0.6 is 27.5 Å². The largest absolute Gasteiger partial charge is 0.293 e. The minimum absolute atomic E-state index is 0.0452. The SMILES string of the molecule is O=C(CBr)c1cc(-c2ccc(Cl)cc2)nc2ccccc12. The quantitative estimate of drug-likeness (QED) is 0.478. The molecule has 0 aliphatic rings. The molecule has 21 heavy (non-hydrogen) atoms. The second kappa shape index (κ2) is 5.96. The molecule has 0 radical (unpaired) electrons. The number of halogens is 2. The highest BCUT2D eigenvalue weighted by Crippen LogP contribution is 2.26. The van der Waals surface area contributed by atoms with Gasteiger partial charge < -0.3 is 0 Å². The molecule has 3 aromatic rings. The number of hydrogen-bond donors (Lipinski definition) is 0. The highest BCUT2D eigenvalue weighted by molar-refractivity contribution is 9.09. The van der Waals surface area contributed by atoms with Gasteiger partial charge in [-0.2, -0.15) is 0 Å². The smallest absolute Gasteiger partial charge is 0.174 e. The van der Waals surface area contributed by atoms with Crippen LogP contribution in [0.15, 0.2) is 54.6 Å². The lowest BCUT2D eigenvalue weighted by Crippen LogP contribution is -2.02. The number of ketones is 1. The summed E-state index contributed by atoms with van der Waals surface area (Å²) in [5.74, 6) is 0.0452. The van der Waals surface area contributed by atoms with Crippen LogP contribution in [0.5, 0.6) is 0 Å². The summed E-state index contributed by atoms with van der Waals surface area (Å²) in [6, 6.07) is 17.0. The maximum Gasteiger partial charge on any atom is 0.174 e. The molecule has 1 heterocycles. The standard InChI is InChI=1S/C17H11BrClNO/c18-10-17(21)14-9-16(11-5-7-12(19)8-6-11)20-15-4-2-1-3-13(14)15/h1-9H,10H2. The van der Waals surface area contributed by atoms with Crippen molar-refractivity contribution in [2.45, 2.75) is 0 Å². The van der Waals surface area contributed by atoms with Gasteiger partial charge >= 0.3 is 0 Å². The van der Waals surface area contributed by atoms with Gasteiger partial charge in [-0.25, -0.2) is 4.98 Å². The first-order valence-corrected chi connectivity index (χ1v) is 7.94. The molecule has 3 rings (SSSR count). The van der Waals surface area contributed by atoms with E-state index in [2.05, 4.69) is 20.9 Å². The molecule has 0 amide bonds. The molecule has 0 fully saturated rings. The van der Waals surface area contributed by atoms with Crippen molar-refractivity contribution in [2.75, 3.05) is 5.33 Å². The number of rotatable bonds is 3. The third-order valence-electron chi connectivity index (χ3n) is 3.28. The Morgan fingerprint density at radius 3 is 2.52 bits per heavy atom. The fourth-order valence-electron chi connectivity index (χ4n) is 2.25. The predicted octanol–water partition coefficient (Wildman–Crippen LogP) is 5.13. The molecule has 0 aliphatic heterocycles. The van der Waals surface area contributed by atoms with Gasteiger partial charge in [-0.3, -0.25) is 4.79 Å². The third-order valence-corrected chi connectivity index (χ3v) is 4.04. The van der Waals surface area contributed by atoms with Crippen molar-refractivity contribution in [3.63, 3.8) is 0 Å². The molecule has 104 valence electrons. The number of pyridine rings is 1. The summed E-state index contributed by atoms with van der Waals surface area (Å²) in [5.41, 5.74) is 3.21. The number of alkyl halides is 1. The molecule has 1 aromatic heterocycles. The maximum absolute atomic E-state index is 12.2. The summed E-state index contributed by atoms with van der Waals surface area (Å²) in [6.45, 7) is 0. The van der Waals surface area contributed by atoms with Crippen LogP contribution in [0.4, 0.5) is 0 Å². The number of carbonyl (C=O) groups excluding carboxylic acids is 1. The highest BCUT2D eigenvalue weighted by atomic mass is 79.9. The lowest BCUT2D eigenvalue weighted by molar-refractivity contribution is 0.102. The van der Waals surface area contributed by atoms with Crippen LogP contribution in [0.25, 0.3) is 22.2 Å². The Kier molecular flexibility index (Phi) is 4.04. The monoisotopic (exact) mass is 359 g/mol. The predicted molar refractivity (Wildman–Crippen MR) is 90.3 cm³/mol. The summed E-state index contributed by atoms with van der Waals surface area (Å²) in [6.07, 6.45) is 0. The number of Topliss-reactive ketones (excluding diaryl/α,β-unsaturated/α-hetero) is 1. The number of hydrogen-bond acceptors (Lipinski definition) is 2.